The molecule has 0 saturated carbocycles. The minimum atomic E-state index is 0.345. The van der Waals surface area contributed by atoms with Crippen LogP contribution in [0.4, 0.5) is 0 Å². The lowest BCUT2D eigenvalue weighted by Gasteiger charge is -2.07. The normalized spacial score (nSPS) is 11.4. The van der Waals surface area contributed by atoms with Crippen LogP contribution >= 0.6 is 11.6 Å². The molecule has 2 rings (SSSR count). The van der Waals surface area contributed by atoms with Gasteiger partial charge in [0.05, 0.1) is 16.7 Å². The third kappa shape index (κ3) is 1.31. The monoisotopic (exact) mass is 194 g/mol. The zero-order valence-corrected chi connectivity index (χ0v) is 8.42. The Morgan fingerprint density at radius 3 is 2.85 bits per heavy atom. The van der Waals surface area contributed by atoms with E-state index < -0.39 is 0 Å². The van der Waals surface area contributed by atoms with Crippen molar-refractivity contribution in [1.82, 2.24) is 9.78 Å². The number of hydrogen-bond donors (Lipinski definition) is 0. The lowest BCUT2D eigenvalue weighted by Crippen LogP contribution is -2.02. The summed E-state index contributed by atoms with van der Waals surface area (Å²) in [6, 6.07) is 6.20. The quantitative estimate of drug-likeness (QED) is 0.682. The Hall–Kier alpha value is -1.02. The van der Waals surface area contributed by atoms with E-state index in [9.17, 15) is 0 Å². The van der Waals surface area contributed by atoms with E-state index in [1.165, 1.54) is 0 Å². The Morgan fingerprint density at radius 2 is 2.15 bits per heavy atom. The predicted octanol–water partition coefficient (Wildman–Crippen LogP) is 3.27. The molecule has 0 spiro atoms. The van der Waals surface area contributed by atoms with Crippen molar-refractivity contribution in [2.75, 3.05) is 0 Å². The van der Waals surface area contributed by atoms with Crippen LogP contribution in [-0.2, 0) is 0 Å². The highest BCUT2D eigenvalue weighted by Gasteiger charge is 2.07. The predicted molar refractivity (Wildman–Crippen MR) is 55.1 cm³/mol. The van der Waals surface area contributed by atoms with Crippen LogP contribution in [0.5, 0.6) is 0 Å². The van der Waals surface area contributed by atoms with Gasteiger partial charge in [0.1, 0.15) is 0 Å². The van der Waals surface area contributed by atoms with Gasteiger partial charge in [0, 0.05) is 11.4 Å². The van der Waals surface area contributed by atoms with Gasteiger partial charge in [-0.05, 0) is 19.9 Å². The lowest BCUT2D eigenvalue weighted by atomic mass is 10.2. The smallest absolute Gasteiger partial charge is 0.0871 e. The highest BCUT2D eigenvalue weighted by molar-refractivity contribution is 6.35. The Kier molecular flexibility index (Phi) is 2.00. The van der Waals surface area contributed by atoms with Gasteiger partial charge in [0.15, 0.2) is 0 Å². The fraction of sp³-hybridized carbons (Fsp3) is 0.300. The molecule has 0 amide bonds. The van der Waals surface area contributed by atoms with Crippen LogP contribution in [0.25, 0.3) is 10.9 Å². The van der Waals surface area contributed by atoms with Crippen LogP contribution in [0.1, 0.15) is 19.9 Å². The van der Waals surface area contributed by atoms with E-state index >= 15 is 0 Å². The molecule has 0 aliphatic carbocycles. The highest BCUT2D eigenvalue weighted by Crippen LogP contribution is 2.24. The number of para-hydroxylation sites is 1. The Labute approximate surface area is 82.1 Å². The van der Waals surface area contributed by atoms with E-state index in [1.807, 2.05) is 29.1 Å². The van der Waals surface area contributed by atoms with Crippen LogP contribution < -0.4 is 0 Å². The second-order valence-electron chi connectivity index (χ2n) is 3.36. The maximum atomic E-state index is 6.09. The zero-order valence-electron chi connectivity index (χ0n) is 7.66. The number of aromatic nitrogens is 2. The van der Waals surface area contributed by atoms with Gasteiger partial charge in [-0.2, -0.15) is 5.10 Å². The van der Waals surface area contributed by atoms with Gasteiger partial charge >= 0.3 is 0 Å². The van der Waals surface area contributed by atoms with Crippen molar-refractivity contribution >= 4 is 22.5 Å². The molecule has 1 heterocycles. The third-order valence-electron chi connectivity index (χ3n) is 2.06. The molecule has 13 heavy (non-hydrogen) atoms. The summed E-state index contributed by atoms with van der Waals surface area (Å²) in [7, 11) is 0. The second-order valence-corrected chi connectivity index (χ2v) is 3.77. The molecular weight excluding hydrogens is 184 g/mol. The molecule has 68 valence electrons. The van der Waals surface area contributed by atoms with Crippen molar-refractivity contribution in [3.8, 4) is 0 Å². The molecule has 0 aliphatic heterocycles. The lowest BCUT2D eigenvalue weighted by molar-refractivity contribution is 0.551. The maximum Gasteiger partial charge on any atom is 0.0871 e. The largest absolute Gasteiger partial charge is 0.261 e. The van der Waals surface area contributed by atoms with Gasteiger partial charge in [-0.1, -0.05) is 23.7 Å². The summed E-state index contributed by atoms with van der Waals surface area (Å²) >= 11 is 6.09. The van der Waals surface area contributed by atoms with E-state index in [0.29, 0.717) is 6.04 Å². The minimum absolute atomic E-state index is 0.345. The molecule has 2 nitrogen and oxygen atoms in total. The minimum Gasteiger partial charge on any atom is -0.261 e. The van der Waals surface area contributed by atoms with E-state index in [-0.39, 0.29) is 0 Å². The topological polar surface area (TPSA) is 17.8 Å². The van der Waals surface area contributed by atoms with Crippen molar-refractivity contribution in [1.29, 1.82) is 0 Å². The number of nitrogens with zero attached hydrogens (tertiary/aromatic N) is 2. The molecule has 0 unspecified atom stereocenters. The maximum absolute atomic E-state index is 6.09. The first kappa shape index (κ1) is 8.57. The van der Waals surface area contributed by atoms with Gasteiger partial charge in [0.25, 0.3) is 0 Å². The Balaban J connectivity index is 2.79. The number of fused-ring (bicyclic) bond motifs is 1. The van der Waals surface area contributed by atoms with Crippen molar-refractivity contribution in [3.63, 3.8) is 0 Å². The van der Waals surface area contributed by atoms with Crippen molar-refractivity contribution in [2.45, 2.75) is 19.9 Å². The SMILES string of the molecule is CC(C)n1ncc2cccc(Cl)c21. The molecule has 0 bridgehead atoms. The zero-order chi connectivity index (χ0) is 9.42. The summed E-state index contributed by atoms with van der Waals surface area (Å²) in [4.78, 5) is 0. The van der Waals surface area contributed by atoms with Crippen LogP contribution in [-0.4, -0.2) is 9.78 Å². The molecule has 1 aromatic carbocycles. The molecule has 1 aromatic heterocycles. The number of rotatable bonds is 1. The first-order chi connectivity index (χ1) is 6.20. The summed E-state index contributed by atoms with van der Waals surface area (Å²) in [5.74, 6) is 0. The summed E-state index contributed by atoms with van der Waals surface area (Å²) in [5.41, 5.74) is 1.03. The molecule has 0 radical (unpaired) electrons. The van der Waals surface area contributed by atoms with Crippen molar-refractivity contribution < 1.29 is 0 Å². The van der Waals surface area contributed by atoms with E-state index in [0.717, 1.165) is 15.9 Å². The summed E-state index contributed by atoms with van der Waals surface area (Å²) in [6.45, 7) is 4.19. The second kappa shape index (κ2) is 3.04. The Bertz CT molecular complexity index is 431. The van der Waals surface area contributed by atoms with E-state index in [1.54, 1.807) is 0 Å². The average Bonchev–Trinajstić information content (AvgIpc) is 2.49. The molecule has 2 aromatic rings. The molecule has 0 saturated heterocycles. The number of hydrogen-bond acceptors (Lipinski definition) is 1. The van der Waals surface area contributed by atoms with Crippen molar-refractivity contribution in [3.05, 3.63) is 29.4 Å². The van der Waals surface area contributed by atoms with Crippen LogP contribution in [0, 0.1) is 0 Å². The standard InChI is InChI=1S/C10H11ClN2/c1-7(2)13-10-8(6-12-13)4-3-5-9(10)11/h3-7H,1-2H3. The van der Waals surface area contributed by atoms with Crippen molar-refractivity contribution in [2.24, 2.45) is 0 Å². The number of halogens is 1. The van der Waals surface area contributed by atoms with Gasteiger partial charge < -0.3 is 0 Å². The first-order valence-corrected chi connectivity index (χ1v) is 4.69. The highest BCUT2D eigenvalue weighted by atomic mass is 35.5. The van der Waals surface area contributed by atoms with Gasteiger partial charge in [-0.15, -0.1) is 0 Å². The van der Waals surface area contributed by atoms with Crippen LogP contribution in [0.15, 0.2) is 24.4 Å². The summed E-state index contributed by atoms with van der Waals surface area (Å²) < 4.78 is 1.94. The molecule has 0 aliphatic rings. The molecule has 0 atom stereocenters. The van der Waals surface area contributed by atoms with Crippen LogP contribution in [0.3, 0.4) is 0 Å². The molecule has 0 fully saturated rings. The average molecular weight is 195 g/mol. The fourth-order valence-electron chi connectivity index (χ4n) is 1.45. The van der Waals surface area contributed by atoms with E-state index in [2.05, 4.69) is 18.9 Å². The first-order valence-electron chi connectivity index (χ1n) is 4.32. The van der Waals surface area contributed by atoms with E-state index in [4.69, 9.17) is 11.6 Å². The molecule has 3 heteroatoms. The van der Waals surface area contributed by atoms with Gasteiger partial charge in [-0.25, -0.2) is 0 Å². The van der Waals surface area contributed by atoms with Gasteiger partial charge in [0.2, 0.25) is 0 Å². The van der Waals surface area contributed by atoms with Crippen LogP contribution in [0.2, 0.25) is 5.02 Å². The molecule has 0 N–H and O–H groups in total. The number of benzene rings is 1. The van der Waals surface area contributed by atoms with Gasteiger partial charge in [-0.3, -0.25) is 4.68 Å². The fourth-order valence-corrected chi connectivity index (χ4v) is 1.72. The summed E-state index contributed by atoms with van der Waals surface area (Å²) in [6.07, 6.45) is 1.85. The Morgan fingerprint density at radius 1 is 1.38 bits per heavy atom. The third-order valence-corrected chi connectivity index (χ3v) is 2.36. The molecular formula is C10H11ClN2. The summed E-state index contributed by atoms with van der Waals surface area (Å²) in [5, 5.41) is 6.15.